The molecule has 7 nitrogen and oxygen atoms in total. The first-order valence-electron chi connectivity index (χ1n) is 7.50. The van der Waals surface area contributed by atoms with Gasteiger partial charge in [-0.25, -0.2) is 23.1 Å². The van der Waals surface area contributed by atoms with Crippen molar-refractivity contribution in [2.75, 3.05) is 6.26 Å². The molecule has 1 aromatic heterocycles. The van der Waals surface area contributed by atoms with Gasteiger partial charge in [0, 0.05) is 23.9 Å². The van der Waals surface area contributed by atoms with E-state index in [2.05, 4.69) is 14.7 Å². The highest BCUT2D eigenvalue weighted by atomic mass is 32.2. The van der Waals surface area contributed by atoms with Gasteiger partial charge in [0.05, 0.1) is 24.5 Å². The van der Waals surface area contributed by atoms with E-state index in [0.717, 1.165) is 23.1 Å². The van der Waals surface area contributed by atoms with Crippen LogP contribution in [0.25, 0.3) is 11.4 Å². The molecule has 2 aromatic rings. The van der Waals surface area contributed by atoms with E-state index in [4.69, 9.17) is 0 Å². The highest BCUT2D eigenvalue weighted by Gasteiger charge is 2.29. The van der Waals surface area contributed by atoms with Crippen LogP contribution in [0.2, 0.25) is 0 Å². The molecule has 0 bridgehead atoms. The third kappa shape index (κ3) is 3.60. The van der Waals surface area contributed by atoms with Gasteiger partial charge in [-0.2, -0.15) is 0 Å². The molecule has 8 heteroatoms. The lowest BCUT2D eigenvalue weighted by Gasteiger charge is -2.20. The Hall–Kier alpha value is -2.32. The summed E-state index contributed by atoms with van der Waals surface area (Å²) in [4.78, 5) is 22.9. The van der Waals surface area contributed by atoms with Crippen LogP contribution in [-0.4, -0.2) is 41.5 Å². The summed E-state index contributed by atoms with van der Waals surface area (Å²) in [6, 6.07) is 8.81. The van der Waals surface area contributed by atoms with E-state index in [-0.39, 0.29) is 5.91 Å². The van der Waals surface area contributed by atoms with Gasteiger partial charge in [0.2, 0.25) is 15.9 Å². The van der Waals surface area contributed by atoms with Gasteiger partial charge in [-0.05, 0) is 6.92 Å². The van der Waals surface area contributed by atoms with E-state index < -0.39 is 16.1 Å². The number of carbonyl (C=O) groups excluding carboxylic acids is 1. The first kappa shape index (κ1) is 16.5. The van der Waals surface area contributed by atoms with Crippen LogP contribution in [0.4, 0.5) is 0 Å². The largest absolute Gasteiger partial charge is 0.331 e. The van der Waals surface area contributed by atoms with Crippen molar-refractivity contribution in [3.05, 3.63) is 47.8 Å². The molecule has 0 aliphatic carbocycles. The Labute approximate surface area is 140 Å². The normalized spacial score (nSPS) is 15.2. The maximum absolute atomic E-state index is 12.4. The number of hydrogen-bond acceptors (Lipinski definition) is 5. The number of hydrogen-bond donors (Lipinski definition) is 1. The average molecular weight is 346 g/mol. The Balaban J connectivity index is 1.76. The zero-order valence-corrected chi connectivity index (χ0v) is 14.2. The summed E-state index contributed by atoms with van der Waals surface area (Å²) >= 11 is 0. The Morgan fingerprint density at radius 2 is 1.96 bits per heavy atom. The lowest BCUT2D eigenvalue weighted by Crippen LogP contribution is -2.44. The van der Waals surface area contributed by atoms with Crippen LogP contribution < -0.4 is 4.72 Å². The molecule has 0 unspecified atom stereocenters. The van der Waals surface area contributed by atoms with Gasteiger partial charge in [0.15, 0.2) is 5.82 Å². The molecule has 24 heavy (non-hydrogen) atoms. The second kappa shape index (κ2) is 6.29. The number of amides is 1. The summed E-state index contributed by atoms with van der Waals surface area (Å²) in [6.45, 7) is 2.28. The van der Waals surface area contributed by atoms with Gasteiger partial charge in [0.25, 0.3) is 0 Å². The van der Waals surface area contributed by atoms with Gasteiger partial charge in [-0.1, -0.05) is 30.3 Å². The van der Waals surface area contributed by atoms with Crippen molar-refractivity contribution >= 4 is 15.9 Å². The lowest BCUT2D eigenvalue weighted by molar-refractivity contribution is -0.133. The summed E-state index contributed by atoms with van der Waals surface area (Å²) in [5, 5.41) is 0. The van der Waals surface area contributed by atoms with E-state index in [9.17, 15) is 13.2 Å². The zero-order chi connectivity index (χ0) is 17.3. The van der Waals surface area contributed by atoms with Crippen molar-refractivity contribution in [3.63, 3.8) is 0 Å². The number of benzene rings is 1. The minimum Gasteiger partial charge on any atom is -0.331 e. The first-order valence-corrected chi connectivity index (χ1v) is 9.39. The molecular formula is C16H18N4O3S. The fourth-order valence-corrected chi connectivity index (χ4v) is 3.42. The molecule has 1 amide bonds. The number of fused-ring (bicyclic) bond motifs is 1. The van der Waals surface area contributed by atoms with Gasteiger partial charge in [0.1, 0.15) is 0 Å². The molecule has 1 aliphatic heterocycles. The maximum Gasteiger partial charge on any atom is 0.241 e. The molecule has 0 saturated carbocycles. The quantitative estimate of drug-likeness (QED) is 0.889. The molecule has 1 aromatic carbocycles. The van der Waals surface area contributed by atoms with Crippen LogP contribution in [0.5, 0.6) is 0 Å². The minimum absolute atomic E-state index is 0.278. The second-order valence-electron chi connectivity index (χ2n) is 5.84. The van der Waals surface area contributed by atoms with Gasteiger partial charge < -0.3 is 4.90 Å². The van der Waals surface area contributed by atoms with Gasteiger partial charge in [-0.15, -0.1) is 0 Å². The van der Waals surface area contributed by atoms with Crippen molar-refractivity contribution in [2.24, 2.45) is 0 Å². The van der Waals surface area contributed by atoms with E-state index in [1.807, 2.05) is 30.3 Å². The van der Waals surface area contributed by atoms with Crippen LogP contribution in [0.1, 0.15) is 18.2 Å². The van der Waals surface area contributed by atoms with E-state index >= 15 is 0 Å². The highest BCUT2D eigenvalue weighted by molar-refractivity contribution is 7.88. The lowest BCUT2D eigenvalue weighted by atomic mass is 10.2. The van der Waals surface area contributed by atoms with Gasteiger partial charge >= 0.3 is 0 Å². The third-order valence-corrected chi connectivity index (χ3v) is 4.54. The Kier molecular flexibility index (Phi) is 4.33. The topological polar surface area (TPSA) is 92.3 Å². The van der Waals surface area contributed by atoms with Crippen molar-refractivity contribution in [3.8, 4) is 11.4 Å². The predicted molar refractivity (Wildman–Crippen MR) is 89.2 cm³/mol. The number of nitrogens with zero attached hydrogens (tertiary/aromatic N) is 3. The minimum atomic E-state index is -3.43. The predicted octanol–water partition coefficient (Wildman–Crippen LogP) is 0.923. The van der Waals surface area contributed by atoms with Gasteiger partial charge in [-0.3, -0.25) is 4.79 Å². The summed E-state index contributed by atoms with van der Waals surface area (Å²) in [5.41, 5.74) is 2.59. The number of rotatable bonds is 4. The van der Waals surface area contributed by atoms with E-state index in [1.54, 1.807) is 11.1 Å². The number of nitrogens with one attached hydrogen (secondary N) is 1. The molecule has 1 aliphatic rings. The number of sulfonamides is 1. The maximum atomic E-state index is 12.4. The third-order valence-electron chi connectivity index (χ3n) is 3.76. The molecule has 0 fully saturated rings. The standard InChI is InChI=1S/C16H18N4O3S/c1-11(19-24(2,22)23)16(21)20-9-13-8-17-15(18-14(13)10-20)12-6-4-3-5-7-12/h3-8,11,19H,9-10H2,1-2H3/t11-/m1/s1. The van der Waals surface area contributed by atoms with Crippen molar-refractivity contribution in [2.45, 2.75) is 26.1 Å². The molecule has 126 valence electrons. The Morgan fingerprint density at radius 1 is 1.25 bits per heavy atom. The SMILES string of the molecule is C[C@@H](NS(C)(=O)=O)C(=O)N1Cc2cnc(-c3ccccc3)nc2C1. The van der Waals surface area contributed by atoms with Crippen molar-refractivity contribution in [1.82, 2.24) is 19.6 Å². The first-order chi connectivity index (χ1) is 11.3. The van der Waals surface area contributed by atoms with Crippen LogP contribution in [0.3, 0.4) is 0 Å². The summed E-state index contributed by atoms with van der Waals surface area (Å²) < 4.78 is 24.9. The summed E-state index contributed by atoms with van der Waals surface area (Å²) in [6.07, 6.45) is 2.76. The van der Waals surface area contributed by atoms with Crippen LogP contribution in [-0.2, 0) is 27.9 Å². The molecule has 0 saturated heterocycles. The Morgan fingerprint density at radius 3 is 2.62 bits per heavy atom. The van der Waals surface area contributed by atoms with Crippen LogP contribution >= 0.6 is 0 Å². The summed E-state index contributed by atoms with van der Waals surface area (Å²) in [7, 11) is -3.43. The van der Waals surface area contributed by atoms with Crippen LogP contribution in [0, 0.1) is 0 Å². The molecule has 0 radical (unpaired) electrons. The summed E-state index contributed by atoms with van der Waals surface area (Å²) in [5.74, 6) is 0.339. The van der Waals surface area contributed by atoms with Crippen LogP contribution in [0.15, 0.2) is 36.5 Å². The molecule has 0 spiro atoms. The van der Waals surface area contributed by atoms with Crippen molar-refractivity contribution in [1.29, 1.82) is 0 Å². The van der Waals surface area contributed by atoms with E-state index in [1.165, 1.54) is 6.92 Å². The second-order valence-corrected chi connectivity index (χ2v) is 7.62. The highest BCUT2D eigenvalue weighted by Crippen LogP contribution is 2.24. The fraction of sp³-hybridized carbons (Fsp3) is 0.312. The molecule has 3 rings (SSSR count). The van der Waals surface area contributed by atoms with Crippen molar-refractivity contribution < 1.29 is 13.2 Å². The zero-order valence-electron chi connectivity index (χ0n) is 13.4. The number of aromatic nitrogens is 2. The Bertz CT molecular complexity index is 868. The smallest absolute Gasteiger partial charge is 0.241 e. The fourth-order valence-electron chi connectivity index (χ4n) is 2.68. The molecule has 2 heterocycles. The number of carbonyl (C=O) groups is 1. The van der Waals surface area contributed by atoms with E-state index in [0.29, 0.717) is 18.9 Å². The molecular weight excluding hydrogens is 328 g/mol. The molecule has 1 atom stereocenters. The monoisotopic (exact) mass is 346 g/mol. The molecule has 1 N–H and O–H groups in total. The average Bonchev–Trinajstić information content (AvgIpc) is 2.96.